The third-order valence-corrected chi connectivity index (χ3v) is 3.51. The number of rotatable bonds is 5. The molecule has 1 aliphatic heterocycles. The Bertz CT molecular complexity index is 474. The average Bonchev–Trinajstić information content (AvgIpc) is 2.43. The van der Waals surface area contributed by atoms with Crippen LogP contribution < -0.4 is 10.5 Å². The summed E-state index contributed by atoms with van der Waals surface area (Å²) in [4.78, 5) is 13.7. The zero-order valence-electron chi connectivity index (χ0n) is 11.2. The molecule has 3 N–H and O–H groups in total. The summed E-state index contributed by atoms with van der Waals surface area (Å²) in [5.41, 5.74) is 8.14. The number of nitrogens with two attached hydrogens (primary N) is 1. The Hall–Kier alpha value is -1.59. The van der Waals surface area contributed by atoms with Crippen molar-refractivity contribution in [2.45, 2.75) is 19.4 Å². The molecule has 0 aromatic heterocycles. The van der Waals surface area contributed by atoms with E-state index in [0.29, 0.717) is 11.3 Å². The number of ether oxygens (including phenoxy) is 1. The highest BCUT2D eigenvalue weighted by molar-refractivity contribution is 5.96. The molecule has 1 aliphatic rings. The van der Waals surface area contributed by atoms with Crippen LogP contribution >= 0.6 is 0 Å². The van der Waals surface area contributed by atoms with Gasteiger partial charge in [-0.15, -0.1) is 0 Å². The van der Waals surface area contributed by atoms with Crippen LogP contribution in [0.3, 0.4) is 0 Å². The summed E-state index contributed by atoms with van der Waals surface area (Å²) in [5, 5.41) is 8.87. The van der Waals surface area contributed by atoms with Crippen LogP contribution in [0.1, 0.15) is 27.9 Å². The number of hydrogen-bond donors (Lipinski definition) is 2. The zero-order chi connectivity index (χ0) is 13.8. The molecule has 0 unspecified atom stereocenters. The van der Waals surface area contributed by atoms with Crippen LogP contribution in [0.15, 0.2) is 12.1 Å². The molecule has 1 amide bonds. The lowest BCUT2D eigenvalue weighted by molar-refractivity contribution is 0.0997. The number of benzene rings is 1. The molecule has 1 aromatic rings. The number of hydrogen-bond acceptors (Lipinski definition) is 4. The van der Waals surface area contributed by atoms with Crippen LogP contribution in [-0.2, 0) is 13.0 Å². The van der Waals surface area contributed by atoms with Gasteiger partial charge in [0.25, 0.3) is 5.91 Å². The van der Waals surface area contributed by atoms with Gasteiger partial charge in [-0.25, -0.2) is 0 Å². The van der Waals surface area contributed by atoms with Crippen molar-refractivity contribution in [1.29, 1.82) is 0 Å². The van der Waals surface area contributed by atoms with E-state index in [1.165, 1.54) is 5.56 Å². The van der Waals surface area contributed by atoms with E-state index >= 15 is 0 Å². The van der Waals surface area contributed by atoms with Crippen LogP contribution in [0.2, 0.25) is 0 Å². The molecule has 5 nitrogen and oxygen atoms in total. The van der Waals surface area contributed by atoms with E-state index in [1.54, 1.807) is 7.11 Å². The Morgan fingerprint density at radius 3 is 2.89 bits per heavy atom. The number of fused-ring (bicyclic) bond motifs is 1. The standard InChI is InChI=1S/C14H20N2O3/c1-19-13-8-11-9-16(4-2-6-17)5-3-10(11)7-12(13)14(15)18/h7-8,17H,2-6,9H2,1H3,(H2,15,18). The van der Waals surface area contributed by atoms with Crippen molar-refractivity contribution in [2.24, 2.45) is 5.73 Å². The number of nitrogens with zero attached hydrogens (tertiary/aromatic N) is 1. The van der Waals surface area contributed by atoms with Gasteiger partial charge in [-0.05, 0) is 36.1 Å². The Kier molecular flexibility index (Phi) is 4.39. The first-order chi connectivity index (χ1) is 9.15. The van der Waals surface area contributed by atoms with Crippen molar-refractivity contribution in [3.05, 3.63) is 28.8 Å². The fourth-order valence-corrected chi connectivity index (χ4v) is 2.49. The number of carbonyl (C=O) groups is 1. The molecule has 0 aliphatic carbocycles. The fourth-order valence-electron chi connectivity index (χ4n) is 2.49. The summed E-state index contributed by atoms with van der Waals surface area (Å²) < 4.78 is 5.23. The highest BCUT2D eigenvalue weighted by atomic mass is 16.5. The van der Waals surface area contributed by atoms with Gasteiger partial charge >= 0.3 is 0 Å². The number of primary amides is 1. The van der Waals surface area contributed by atoms with Crippen molar-refractivity contribution >= 4 is 5.91 Å². The molecular weight excluding hydrogens is 244 g/mol. The van der Waals surface area contributed by atoms with E-state index in [9.17, 15) is 4.79 Å². The number of amides is 1. The first kappa shape index (κ1) is 13.8. The van der Waals surface area contributed by atoms with Gasteiger partial charge in [-0.1, -0.05) is 0 Å². The minimum Gasteiger partial charge on any atom is -0.496 e. The summed E-state index contributed by atoms with van der Waals surface area (Å²) in [5.74, 6) is 0.0811. The average molecular weight is 264 g/mol. The predicted molar refractivity (Wildman–Crippen MR) is 72.2 cm³/mol. The molecule has 19 heavy (non-hydrogen) atoms. The fraction of sp³-hybridized carbons (Fsp3) is 0.500. The maximum absolute atomic E-state index is 11.4. The van der Waals surface area contributed by atoms with Crippen LogP contribution in [0, 0.1) is 0 Å². The first-order valence-electron chi connectivity index (χ1n) is 6.48. The summed E-state index contributed by atoms with van der Waals surface area (Å²) in [6, 6.07) is 3.75. The monoisotopic (exact) mass is 264 g/mol. The molecular formula is C14H20N2O3. The van der Waals surface area contributed by atoms with E-state index in [2.05, 4.69) is 4.90 Å². The van der Waals surface area contributed by atoms with E-state index in [0.717, 1.165) is 38.0 Å². The molecule has 0 bridgehead atoms. The minimum atomic E-state index is -0.456. The number of methoxy groups -OCH3 is 1. The first-order valence-corrected chi connectivity index (χ1v) is 6.48. The van der Waals surface area contributed by atoms with E-state index < -0.39 is 5.91 Å². The highest BCUT2D eigenvalue weighted by Gasteiger charge is 2.20. The molecule has 0 spiro atoms. The highest BCUT2D eigenvalue weighted by Crippen LogP contribution is 2.27. The van der Waals surface area contributed by atoms with Crippen molar-refractivity contribution < 1.29 is 14.6 Å². The molecule has 104 valence electrons. The number of carbonyl (C=O) groups excluding carboxylic acids is 1. The van der Waals surface area contributed by atoms with Gasteiger partial charge in [0.05, 0.1) is 12.7 Å². The molecule has 0 fully saturated rings. The van der Waals surface area contributed by atoms with Gasteiger partial charge in [0, 0.05) is 26.2 Å². The molecule has 5 heteroatoms. The van der Waals surface area contributed by atoms with Gasteiger partial charge < -0.3 is 15.6 Å². The Morgan fingerprint density at radius 2 is 2.26 bits per heavy atom. The summed E-state index contributed by atoms with van der Waals surface area (Å²) in [6.45, 7) is 2.87. The van der Waals surface area contributed by atoms with Crippen molar-refractivity contribution in [1.82, 2.24) is 4.90 Å². The second-order valence-corrected chi connectivity index (χ2v) is 4.79. The van der Waals surface area contributed by atoms with E-state index in [4.69, 9.17) is 15.6 Å². The third kappa shape index (κ3) is 3.05. The van der Waals surface area contributed by atoms with E-state index in [1.807, 2.05) is 12.1 Å². The number of aliphatic hydroxyl groups excluding tert-OH is 1. The molecule has 0 saturated heterocycles. The summed E-state index contributed by atoms with van der Waals surface area (Å²) in [6.07, 6.45) is 1.68. The normalized spacial score (nSPS) is 15.1. The lowest BCUT2D eigenvalue weighted by atomic mass is 9.96. The van der Waals surface area contributed by atoms with Gasteiger partial charge in [-0.2, -0.15) is 0 Å². The van der Waals surface area contributed by atoms with Gasteiger partial charge in [0.15, 0.2) is 0 Å². The largest absolute Gasteiger partial charge is 0.496 e. The van der Waals surface area contributed by atoms with Crippen LogP contribution in [-0.4, -0.2) is 42.7 Å². The second-order valence-electron chi connectivity index (χ2n) is 4.79. The van der Waals surface area contributed by atoms with Crippen LogP contribution in [0.5, 0.6) is 5.75 Å². The third-order valence-electron chi connectivity index (χ3n) is 3.51. The smallest absolute Gasteiger partial charge is 0.252 e. The molecule has 1 aromatic carbocycles. The maximum atomic E-state index is 11.4. The lowest BCUT2D eigenvalue weighted by Gasteiger charge is -2.29. The number of aliphatic hydroxyl groups is 1. The minimum absolute atomic E-state index is 0.216. The van der Waals surface area contributed by atoms with Crippen molar-refractivity contribution in [2.75, 3.05) is 26.8 Å². The Morgan fingerprint density at radius 1 is 1.47 bits per heavy atom. The van der Waals surface area contributed by atoms with E-state index in [-0.39, 0.29) is 6.61 Å². The SMILES string of the molecule is COc1cc2c(cc1C(N)=O)CCN(CCCO)C2. The molecule has 1 heterocycles. The summed E-state index contributed by atoms with van der Waals surface area (Å²) in [7, 11) is 1.54. The van der Waals surface area contributed by atoms with Crippen molar-refractivity contribution in [3.63, 3.8) is 0 Å². The Balaban J connectivity index is 2.23. The zero-order valence-corrected chi connectivity index (χ0v) is 11.2. The maximum Gasteiger partial charge on any atom is 0.252 e. The molecule has 0 radical (unpaired) electrons. The quantitative estimate of drug-likeness (QED) is 0.813. The van der Waals surface area contributed by atoms with Crippen LogP contribution in [0.25, 0.3) is 0 Å². The lowest BCUT2D eigenvalue weighted by Crippen LogP contribution is -2.32. The van der Waals surface area contributed by atoms with Gasteiger partial charge in [-0.3, -0.25) is 9.69 Å². The predicted octanol–water partition coefficient (Wildman–Crippen LogP) is 0.535. The topological polar surface area (TPSA) is 75.8 Å². The van der Waals surface area contributed by atoms with Gasteiger partial charge in [0.2, 0.25) is 0 Å². The Labute approximate surface area is 113 Å². The van der Waals surface area contributed by atoms with Crippen LogP contribution in [0.4, 0.5) is 0 Å². The molecule has 0 saturated carbocycles. The molecule has 2 rings (SSSR count). The molecule has 0 atom stereocenters. The van der Waals surface area contributed by atoms with Crippen molar-refractivity contribution in [3.8, 4) is 5.75 Å². The second kappa shape index (κ2) is 6.04. The van der Waals surface area contributed by atoms with Gasteiger partial charge in [0.1, 0.15) is 5.75 Å². The summed E-state index contributed by atoms with van der Waals surface area (Å²) >= 11 is 0.